The van der Waals surface area contributed by atoms with Gasteiger partial charge in [-0.3, -0.25) is 0 Å². The topological polar surface area (TPSA) is 29.9 Å². The van der Waals surface area contributed by atoms with Gasteiger partial charge in [0.05, 0.1) is 11.9 Å². The summed E-state index contributed by atoms with van der Waals surface area (Å²) in [6.07, 6.45) is 1.96. The maximum atomic E-state index is 4.30. The standard InChI is InChI=1S/C7H11N3S/c1-8-4-6-5-9-7-10(6)2-3-11-7/h5,8H,2-4H2,1H3. The average Bonchev–Trinajstić information content (AvgIpc) is 2.53. The number of rotatable bonds is 2. The third-order valence-electron chi connectivity index (χ3n) is 1.81. The van der Waals surface area contributed by atoms with Gasteiger partial charge in [0.2, 0.25) is 0 Å². The summed E-state index contributed by atoms with van der Waals surface area (Å²) >= 11 is 1.84. The summed E-state index contributed by atoms with van der Waals surface area (Å²) in [5.74, 6) is 1.18. The maximum absolute atomic E-state index is 4.30. The van der Waals surface area contributed by atoms with E-state index >= 15 is 0 Å². The lowest BCUT2D eigenvalue weighted by Crippen LogP contribution is -2.10. The molecule has 2 heterocycles. The fourth-order valence-corrected chi connectivity index (χ4v) is 2.24. The van der Waals surface area contributed by atoms with Crippen LogP contribution in [0, 0.1) is 0 Å². The van der Waals surface area contributed by atoms with Crippen LogP contribution >= 0.6 is 11.8 Å². The van der Waals surface area contributed by atoms with Crippen molar-refractivity contribution in [2.45, 2.75) is 18.2 Å². The zero-order valence-electron chi connectivity index (χ0n) is 6.50. The molecule has 0 saturated carbocycles. The van der Waals surface area contributed by atoms with Crippen LogP contribution in [0.4, 0.5) is 0 Å². The van der Waals surface area contributed by atoms with Crippen LogP contribution in [-0.4, -0.2) is 22.4 Å². The predicted molar refractivity (Wildman–Crippen MR) is 45.7 cm³/mol. The summed E-state index contributed by atoms with van der Waals surface area (Å²) in [6.45, 7) is 2.05. The summed E-state index contributed by atoms with van der Waals surface area (Å²) in [4.78, 5) is 4.30. The quantitative estimate of drug-likeness (QED) is 0.707. The van der Waals surface area contributed by atoms with Crippen molar-refractivity contribution in [1.29, 1.82) is 0 Å². The molecule has 1 aromatic rings. The van der Waals surface area contributed by atoms with Gasteiger partial charge in [-0.2, -0.15) is 0 Å². The Labute approximate surface area is 70.2 Å². The largest absolute Gasteiger partial charge is 0.321 e. The first-order valence-electron chi connectivity index (χ1n) is 3.73. The first-order chi connectivity index (χ1) is 5.42. The highest BCUT2D eigenvalue weighted by Crippen LogP contribution is 2.25. The Kier molecular flexibility index (Phi) is 1.87. The van der Waals surface area contributed by atoms with Gasteiger partial charge in [-0.1, -0.05) is 11.8 Å². The van der Waals surface area contributed by atoms with Gasteiger partial charge in [0.15, 0.2) is 5.16 Å². The van der Waals surface area contributed by atoms with Crippen molar-refractivity contribution in [2.24, 2.45) is 0 Å². The number of nitrogens with one attached hydrogen (secondary N) is 1. The van der Waals surface area contributed by atoms with Gasteiger partial charge in [-0.25, -0.2) is 4.98 Å². The third-order valence-corrected chi connectivity index (χ3v) is 2.78. The molecule has 11 heavy (non-hydrogen) atoms. The molecule has 0 amide bonds. The number of aromatic nitrogens is 2. The van der Waals surface area contributed by atoms with E-state index in [4.69, 9.17) is 0 Å². The van der Waals surface area contributed by atoms with Crippen LogP contribution in [0.15, 0.2) is 11.4 Å². The summed E-state index contributed by atoms with van der Waals surface area (Å²) in [7, 11) is 1.96. The maximum Gasteiger partial charge on any atom is 0.168 e. The second-order valence-corrected chi connectivity index (χ2v) is 3.62. The molecule has 0 unspecified atom stereocenters. The number of nitrogens with zero attached hydrogens (tertiary/aromatic N) is 2. The molecule has 0 spiro atoms. The lowest BCUT2D eigenvalue weighted by atomic mass is 10.4. The second-order valence-electron chi connectivity index (χ2n) is 2.56. The van der Waals surface area contributed by atoms with Gasteiger partial charge in [0.25, 0.3) is 0 Å². The number of hydrogen-bond donors (Lipinski definition) is 1. The summed E-state index contributed by atoms with van der Waals surface area (Å²) in [5, 5.41) is 4.31. The molecule has 0 saturated heterocycles. The van der Waals surface area contributed by atoms with E-state index in [0.717, 1.165) is 13.1 Å². The molecular weight excluding hydrogens is 158 g/mol. The van der Waals surface area contributed by atoms with E-state index in [2.05, 4.69) is 14.9 Å². The molecule has 1 N–H and O–H groups in total. The van der Waals surface area contributed by atoms with Crippen LogP contribution in [0.3, 0.4) is 0 Å². The highest BCUT2D eigenvalue weighted by molar-refractivity contribution is 7.99. The van der Waals surface area contributed by atoms with Crippen molar-refractivity contribution >= 4 is 11.8 Å². The average molecular weight is 169 g/mol. The number of imidazole rings is 1. The minimum Gasteiger partial charge on any atom is -0.321 e. The van der Waals surface area contributed by atoms with E-state index in [1.165, 1.54) is 16.6 Å². The summed E-state index contributed by atoms with van der Waals surface area (Å²) in [6, 6.07) is 0. The van der Waals surface area contributed by atoms with E-state index in [1.807, 2.05) is 25.0 Å². The van der Waals surface area contributed by atoms with E-state index in [0.29, 0.717) is 0 Å². The Morgan fingerprint density at radius 1 is 1.82 bits per heavy atom. The van der Waals surface area contributed by atoms with Crippen molar-refractivity contribution in [3.05, 3.63) is 11.9 Å². The second kappa shape index (κ2) is 2.87. The van der Waals surface area contributed by atoms with Gasteiger partial charge in [-0.05, 0) is 7.05 Å². The molecule has 0 fully saturated rings. The van der Waals surface area contributed by atoms with Crippen LogP contribution in [0.5, 0.6) is 0 Å². The first kappa shape index (κ1) is 7.18. The molecule has 60 valence electrons. The first-order valence-corrected chi connectivity index (χ1v) is 4.72. The molecule has 0 aromatic carbocycles. The van der Waals surface area contributed by atoms with E-state index in [9.17, 15) is 0 Å². The Balaban J connectivity index is 2.27. The van der Waals surface area contributed by atoms with Gasteiger partial charge in [0, 0.05) is 18.8 Å². The van der Waals surface area contributed by atoms with Gasteiger partial charge in [-0.15, -0.1) is 0 Å². The van der Waals surface area contributed by atoms with Crippen LogP contribution in [0.2, 0.25) is 0 Å². The Bertz CT molecular complexity index is 256. The monoisotopic (exact) mass is 169 g/mol. The Morgan fingerprint density at radius 2 is 2.73 bits per heavy atom. The molecule has 2 rings (SSSR count). The fourth-order valence-electron chi connectivity index (χ4n) is 1.30. The smallest absolute Gasteiger partial charge is 0.168 e. The van der Waals surface area contributed by atoms with E-state index in [-0.39, 0.29) is 0 Å². The molecular formula is C7H11N3S. The molecule has 0 bridgehead atoms. The van der Waals surface area contributed by atoms with Crippen molar-refractivity contribution in [3.63, 3.8) is 0 Å². The summed E-state index contributed by atoms with van der Waals surface area (Å²) < 4.78 is 2.28. The minimum atomic E-state index is 0.924. The minimum absolute atomic E-state index is 0.924. The lowest BCUT2D eigenvalue weighted by molar-refractivity contribution is 0.649. The third kappa shape index (κ3) is 1.16. The lowest BCUT2D eigenvalue weighted by Gasteiger charge is -2.01. The van der Waals surface area contributed by atoms with Crippen LogP contribution in [0.1, 0.15) is 5.69 Å². The molecule has 4 heteroatoms. The van der Waals surface area contributed by atoms with Crippen LogP contribution in [0.25, 0.3) is 0 Å². The molecule has 0 radical (unpaired) electrons. The predicted octanol–water partition coefficient (Wildman–Crippen LogP) is 0.708. The number of fused-ring (bicyclic) bond motifs is 1. The molecule has 3 nitrogen and oxygen atoms in total. The molecule has 0 atom stereocenters. The van der Waals surface area contributed by atoms with E-state index in [1.54, 1.807) is 0 Å². The van der Waals surface area contributed by atoms with Gasteiger partial charge < -0.3 is 9.88 Å². The Hall–Kier alpha value is -0.480. The van der Waals surface area contributed by atoms with Crippen LogP contribution in [-0.2, 0) is 13.1 Å². The van der Waals surface area contributed by atoms with Crippen molar-refractivity contribution in [1.82, 2.24) is 14.9 Å². The van der Waals surface area contributed by atoms with Crippen molar-refractivity contribution < 1.29 is 0 Å². The van der Waals surface area contributed by atoms with Gasteiger partial charge >= 0.3 is 0 Å². The fraction of sp³-hybridized carbons (Fsp3) is 0.571. The zero-order valence-corrected chi connectivity index (χ0v) is 7.32. The van der Waals surface area contributed by atoms with Crippen molar-refractivity contribution in [3.8, 4) is 0 Å². The van der Waals surface area contributed by atoms with Crippen LogP contribution < -0.4 is 5.32 Å². The van der Waals surface area contributed by atoms with E-state index < -0.39 is 0 Å². The SMILES string of the molecule is CNCc1cnc2n1CCS2. The summed E-state index contributed by atoms with van der Waals surface area (Å²) in [5.41, 5.74) is 1.30. The molecule has 0 aliphatic carbocycles. The van der Waals surface area contributed by atoms with Gasteiger partial charge in [0.1, 0.15) is 0 Å². The highest BCUT2D eigenvalue weighted by Gasteiger charge is 2.14. The molecule has 1 aliphatic heterocycles. The Morgan fingerprint density at radius 3 is 3.55 bits per heavy atom. The number of thioether (sulfide) groups is 1. The normalized spacial score (nSPS) is 15.4. The molecule has 1 aromatic heterocycles. The highest BCUT2D eigenvalue weighted by atomic mass is 32.2. The van der Waals surface area contributed by atoms with Crippen molar-refractivity contribution in [2.75, 3.05) is 12.8 Å². The molecule has 1 aliphatic rings. The zero-order chi connectivity index (χ0) is 7.68. The number of hydrogen-bond acceptors (Lipinski definition) is 3.